The van der Waals surface area contributed by atoms with E-state index in [0.717, 1.165) is 24.0 Å². The van der Waals surface area contributed by atoms with Crippen LogP contribution in [0.3, 0.4) is 0 Å². The summed E-state index contributed by atoms with van der Waals surface area (Å²) in [5.74, 6) is 0.219. The highest BCUT2D eigenvalue weighted by atomic mass is 79.9. The molecule has 0 heterocycles. The average molecular weight is 390 g/mol. The molecule has 2 aromatic carbocycles. The Balaban J connectivity index is 0.00000288. The molecule has 3 heteroatoms. The van der Waals surface area contributed by atoms with Crippen molar-refractivity contribution >= 4 is 0 Å². The number of benzene rings is 2. The zero-order valence-corrected chi connectivity index (χ0v) is 16.2. The summed E-state index contributed by atoms with van der Waals surface area (Å²) in [4.78, 5) is 0. The molecule has 0 amide bonds. The minimum Gasteiger partial charge on any atom is -1.00 e. The first-order chi connectivity index (χ1) is 11.0. The van der Waals surface area contributed by atoms with Crippen LogP contribution in [-0.4, -0.2) is 42.9 Å². The van der Waals surface area contributed by atoms with Gasteiger partial charge < -0.3 is 26.6 Å². The maximum absolute atomic E-state index is 10.7. The molecule has 130 valence electrons. The Bertz CT molecular complexity index is 558. The van der Waals surface area contributed by atoms with Gasteiger partial charge in [0.05, 0.1) is 20.6 Å². The summed E-state index contributed by atoms with van der Waals surface area (Å²) >= 11 is 0. The van der Waals surface area contributed by atoms with E-state index in [2.05, 4.69) is 69.2 Å². The Morgan fingerprint density at radius 3 is 1.83 bits per heavy atom. The molecule has 0 aliphatic rings. The molecular formula is C21H28BrNO. The van der Waals surface area contributed by atoms with E-state index in [1.807, 2.05) is 18.2 Å². The molecule has 0 aromatic heterocycles. The third-order valence-corrected chi connectivity index (χ3v) is 4.24. The lowest BCUT2D eigenvalue weighted by Gasteiger charge is -2.32. The van der Waals surface area contributed by atoms with Crippen molar-refractivity contribution in [3.05, 3.63) is 84.4 Å². The fourth-order valence-electron chi connectivity index (χ4n) is 3.18. The zero-order chi connectivity index (χ0) is 16.7. The molecular weight excluding hydrogens is 362 g/mol. The van der Waals surface area contributed by atoms with Crippen LogP contribution in [-0.2, 0) is 0 Å². The summed E-state index contributed by atoms with van der Waals surface area (Å²) in [6.45, 7) is 5.40. The Hall–Kier alpha value is -1.42. The van der Waals surface area contributed by atoms with E-state index >= 15 is 0 Å². The first-order valence-corrected chi connectivity index (χ1v) is 8.23. The minimum absolute atomic E-state index is 0. The summed E-state index contributed by atoms with van der Waals surface area (Å²) in [6, 6.07) is 20.9. The maximum Gasteiger partial charge on any atom is 0.105 e. The van der Waals surface area contributed by atoms with Gasteiger partial charge in [0.25, 0.3) is 0 Å². The van der Waals surface area contributed by atoms with E-state index in [4.69, 9.17) is 0 Å². The molecule has 2 nitrogen and oxygen atoms in total. The van der Waals surface area contributed by atoms with E-state index in [1.54, 1.807) is 0 Å². The Morgan fingerprint density at radius 1 is 0.958 bits per heavy atom. The van der Waals surface area contributed by atoms with Crippen LogP contribution < -0.4 is 17.0 Å². The van der Waals surface area contributed by atoms with Crippen molar-refractivity contribution in [1.82, 2.24) is 0 Å². The fraction of sp³-hybridized carbons (Fsp3) is 0.333. The van der Waals surface area contributed by atoms with Gasteiger partial charge >= 0.3 is 0 Å². The van der Waals surface area contributed by atoms with Crippen LogP contribution in [0.4, 0.5) is 0 Å². The van der Waals surface area contributed by atoms with Crippen LogP contribution in [0.15, 0.2) is 73.3 Å². The highest BCUT2D eigenvalue weighted by Crippen LogP contribution is 2.29. The van der Waals surface area contributed by atoms with Crippen LogP contribution in [0.1, 0.15) is 23.5 Å². The van der Waals surface area contributed by atoms with Crippen LogP contribution >= 0.6 is 0 Å². The molecule has 2 rings (SSSR count). The number of hydrogen-bond donors (Lipinski definition) is 1. The summed E-state index contributed by atoms with van der Waals surface area (Å²) in [7, 11) is 4.26. The van der Waals surface area contributed by atoms with Crippen molar-refractivity contribution in [3.63, 3.8) is 0 Å². The first kappa shape index (κ1) is 20.6. The Morgan fingerprint density at radius 2 is 1.42 bits per heavy atom. The van der Waals surface area contributed by atoms with Crippen molar-refractivity contribution < 1.29 is 26.6 Å². The largest absolute Gasteiger partial charge is 1.00 e. The number of quaternary nitrogens is 1. The van der Waals surface area contributed by atoms with Gasteiger partial charge in [-0.1, -0.05) is 67.2 Å². The Labute approximate surface area is 156 Å². The van der Waals surface area contributed by atoms with Gasteiger partial charge in [-0.25, -0.2) is 0 Å². The van der Waals surface area contributed by atoms with Gasteiger partial charge in [0.1, 0.15) is 12.6 Å². The lowest BCUT2D eigenvalue weighted by Crippen LogP contribution is -3.00. The van der Waals surface area contributed by atoms with Crippen LogP contribution in [0.5, 0.6) is 0 Å². The molecule has 0 saturated heterocycles. The normalized spacial score (nSPS) is 12.5. The van der Waals surface area contributed by atoms with Gasteiger partial charge in [0.15, 0.2) is 0 Å². The monoisotopic (exact) mass is 389 g/mol. The number of aliphatic hydroxyl groups excluding tert-OH is 1. The quantitative estimate of drug-likeness (QED) is 0.523. The molecule has 24 heavy (non-hydrogen) atoms. The molecule has 0 bridgehead atoms. The lowest BCUT2D eigenvalue weighted by atomic mass is 9.86. The van der Waals surface area contributed by atoms with Gasteiger partial charge in [-0.2, -0.15) is 0 Å². The standard InChI is InChI=1S/C21H28NO.BrH/c1-4-15-22(2,3)17-20(23)16-21(18-11-7-5-8-12-18)19-13-9-6-10-14-19;/h4-14,20-21,23H,1,15-17H2,2-3H3;1H/q+1;/p-1. The molecule has 0 aliphatic heterocycles. The van der Waals surface area contributed by atoms with E-state index in [0.29, 0.717) is 0 Å². The first-order valence-electron chi connectivity index (χ1n) is 8.23. The average Bonchev–Trinajstić information content (AvgIpc) is 2.53. The molecule has 0 spiro atoms. The number of rotatable bonds is 8. The second-order valence-electron chi connectivity index (χ2n) is 6.85. The maximum atomic E-state index is 10.7. The second-order valence-corrected chi connectivity index (χ2v) is 6.85. The third kappa shape index (κ3) is 6.23. The van der Waals surface area contributed by atoms with Gasteiger partial charge in [0, 0.05) is 5.92 Å². The molecule has 1 unspecified atom stereocenters. The minimum atomic E-state index is -0.352. The highest BCUT2D eigenvalue weighted by molar-refractivity contribution is 5.32. The molecule has 0 radical (unpaired) electrons. The van der Waals surface area contributed by atoms with Crippen molar-refractivity contribution in [2.24, 2.45) is 0 Å². The van der Waals surface area contributed by atoms with E-state index < -0.39 is 0 Å². The highest BCUT2D eigenvalue weighted by Gasteiger charge is 2.24. The summed E-state index contributed by atoms with van der Waals surface area (Å²) in [5, 5.41) is 10.7. The number of aliphatic hydroxyl groups is 1. The predicted octanol–water partition coefficient (Wildman–Crippen LogP) is 0.836. The van der Waals surface area contributed by atoms with Crippen molar-refractivity contribution in [1.29, 1.82) is 0 Å². The predicted molar refractivity (Wildman–Crippen MR) is 97.4 cm³/mol. The Kier molecular flexibility index (Phi) is 8.40. The zero-order valence-electron chi connectivity index (χ0n) is 14.6. The lowest BCUT2D eigenvalue weighted by molar-refractivity contribution is -0.887. The molecule has 1 atom stereocenters. The molecule has 2 aromatic rings. The molecule has 1 N–H and O–H groups in total. The van der Waals surface area contributed by atoms with Crippen molar-refractivity contribution in [2.45, 2.75) is 18.4 Å². The van der Waals surface area contributed by atoms with Gasteiger partial charge in [0.2, 0.25) is 0 Å². The fourth-order valence-corrected chi connectivity index (χ4v) is 3.18. The number of halogens is 1. The topological polar surface area (TPSA) is 20.2 Å². The molecule has 0 aliphatic carbocycles. The molecule has 0 fully saturated rings. The van der Waals surface area contributed by atoms with E-state index in [-0.39, 0.29) is 29.0 Å². The SMILES string of the molecule is C=CC[N+](C)(C)CC(O)CC(c1ccccc1)c1ccccc1.[Br-]. The van der Waals surface area contributed by atoms with Crippen LogP contribution in [0.25, 0.3) is 0 Å². The van der Waals surface area contributed by atoms with Crippen molar-refractivity contribution in [2.75, 3.05) is 27.2 Å². The third-order valence-electron chi connectivity index (χ3n) is 4.24. The van der Waals surface area contributed by atoms with Crippen LogP contribution in [0.2, 0.25) is 0 Å². The van der Waals surface area contributed by atoms with Crippen molar-refractivity contribution in [3.8, 4) is 0 Å². The van der Waals surface area contributed by atoms with Crippen LogP contribution in [0, 0.1) is 0 Å². The van der Waals surface area contributed by atoms with Gasteiger partial charge in [-0.3, -0.25) is 0 Å². The van der Waals surface area contributed by atoms with E-state index in [9.17, 15) is 5.11 Å². The number of hydrogen-bond acceptors (Lipinski definition) is 1. The summed E-state index contributed by atoms with van der Waals surface area (Å²) in [5.41, 5.74) is 2.51. The number of nitrogens with zero attached hydrogens (tertiary/aromatic N) is 1. The summed E-state index contributed by atoms with van der Waals surface area (Å²) < 4.78 is 0.751. The van der Waals surface area contributed by atoms with E-state index in [1.165, 1.54) is 11.1 Å². The van der Waals surface area contributed by atoms with Gasteiger partial charge in [-0.15, -0.1) is 0 Å². The summed E-state index contributed by atoms with van der Waals surface area (Å²) in [6.07, 6.45) is 2.29. The second kappa shape index (κ2) is 9.77. The molecule has 0 saturated carbocycles. The smallest absolute Gasteiger partial charge is 0.105 e. The van der Waals surface area contributed by atoms with Gasteiger partial charge in [-0.05, 0) is 23.6 Å². The number of likely N-dealkylation sites (N-methyl/N-ethyl adjacent to an activating group) is 1.